The van der Waals surface area contributed by atoms with Crippen LogP contribution in [0.5, 0.6) is 11.5 Å². The van der Waals surface area contributed by atoms with Crippen LogP contribution in [-0.4, -0.2) is 27.2 Å². The van der Waals surface area contributed by atoms with Gasteiger partial charge in [-0.15, -0.1) is 0 Å². The van der Waals surface area contributed by atoms with E-state index in [1.165, 1.54) is 38.6 Å². The first-order valence-electron chi connectivity index (χ1n) is 9.69. The number of fused-ring (bicyclic) bond motifs is 1. The summed E-state index contributed by atoms with van der Waals surface area (Å²) in [6, 6.07) is 18.3. The number of nitrogens with zero attached hydrogens (tertiary/aromatic N) is 1. The quantitative estimate of drug-likeness (QED) is 0.414. The summed E-state index contributed by atoms with van der Waals surface area (Å²) in [5, 5.41) is 0.811. The standard InChI is InChI=1S/C24H20ClNO5S/c1-30-21-12-19-20(13-22(21)31-2)26(14-16-8-10-17(25)11-9-16)15-23(24(19)27)32(28,29)18-6-4-3-5-7-18/h3-13,15H,14H2,1-2H3. The average Bonchev–Trinajstić information content (AvgIpc) is 2.81. The minimum atomic E-state index is -4.04. The van der Waals surface area contributed by atoms with Gasteiger partial charge in [-0.2, -0.15) is 0 Å². The molecular weight excluding hydrogens is 450 g/mol. The predicted octanol–water partition coefficient (Wildman–Crippen LogP) is 4.55. The van der Waals surface area contributed by atoms with Gasteiger partial charge in [0.1, 0.15) is 4.90 Å². The number of hydrogen-bond acceptors (Lipinski definition) is 5. The summed E-state index contributed by atoms with van der Waals surface area (Å²) in [5.74, 6) is 0.771. The third kappa shape index (κ3) is 3.97. The van der Waals surface area contributed by atoms with Crippen molar-refractivity contribution in [3.8, 4) is 11.5 Å². The maximum Gasteiger partial charge on any atom is 0.211 e. The molecule has 0 amide bonds. The fourth-order valence-electron chi connectivity index (χ4n) is 3.53. The highest BCUT2D eigenvalue weighted by Crippen LogP contribution is 2.32. The largest absolute Gasteiger partial charge is 0.493 e. The van der Waals surface area contributed by atoms with E-state index in [-0.39, 0.29) is 15.2 Å². The molecule has 8 heteroatoms. The summed E-state index contributed by atoms with van der Waals surface area (Å²) < 4.78 is 39.1. The summed E-state index contributed by atoms with van der Waals surface area (Å²) in [6.45, 7) is 0.320. The first-order valence-corrected chi connectivity index (χ1v) is 11.5. The van der Waals surface area contributed by atoms with Crippen molar-refractivity contribution in [3.63, 3.8) is 0 Å². The van der Waals surface area contributed by atoms with Crippen LogP contribution in [0.4, 0.5) is 0 Å². The van der Waals surface area contributed by atoms with Crippen LogP contribution in [0.2, 0.25) is 5.02 Å². The minimum Gasteiger partial charge on any atom is -0.493 e. The second-order valence-electron chi connectivity index (χ2n) is 7.12. The molecule has 3 aromatic carbocycles. The molecule has 0 atom stereocenters. The van der Waals surface area contributed by atoms with Gasteiger partial charge >= 0.3 is 0 Å². The lowest BCUT2D eigenvalue weighted by Crippen LogP contribution is -2.20. The van der Waals surface area contributed by atoms with E-state index >= 15 is 0 Å². The lowest BCUT2D eigenvalue weighted by Gasteiger charge is -2.16. The fraction of sp³-hybridized carbons (Fsp3) is 0.125. The van der Waals surface area contributed by atoms with E-state index in [1.54, 1.807) is 41.0 Å². The van der Waals surface area contributed by atoms with E-state index in [0.29, 0.717) is 28.6 Å². The van der Waals surface area contributed by atoms with Crippen LogP contribution < -0.4 is 14.9 Å². The normalized spacial score (nSPS) is 11.5. The minimum absolute atomic E-state index is 0.0509. The van der Waals surface area contributed by atoms with Gasteiger partial charge < -0.3 is 14.0 Å². The number of pyridine rings is 1. The summed E-state index contributed by atoms with van der Waals surface area (Å²) in [5.41, 5.74) is 0.809. The summed E-state index contributed by atoms with van der Waals surface area (Å²) in [7, 11) is -1.09. The van der Waals surface area contributed by atoms with Crippen molar-refractivity contribution < 1.29 is 17.9 Å². The number of rotatable bonds is 6. The maximum atomic E-state index is 13.4. The fourth-order valence-corrected chi connectivity index (χ4v) is 5.04. The topological polar surface area (TPSA) is 74.6 Å². The van der Waals surface area contributed by atoms with Crippen molar-refractivity contribution in [2.45, 2.75) is 16.3 Å². The summed E-state index contributed by atoms with van der Waals surface area (Å²) in [4.78, 5) is 13.1. The van der Waals surface area contributed by atoms with Crippen molar-refractivity contribution in [2.75, 3.05) is 14.2 Å². The van der Waals surface area contributed by atoms with E-state index in [1.807, 2.05) is 12.1 Å². The zero-order valence-corrected chi connectivity index (χ0v) is 19.0. The molecule has 4 aromatic rings. The van der Waals surface area contributed by atoms with E-state index in [4.69, 9.17) is 21.1 Å². The molecule has 1 aromatic heterocycles. The van der Waals surface area contributed by atoms with E-state index in [0.717, 1.165) is 5.56 Å². The van der Waals surface area contributed by atoms with Gasteiger partial charge in [-0.05, 0) is 35.9 Å². The molecule has 6 nitrogen and oxygen atoms in total. The monoisotopic (exact) mass is 469 g/mol. The van der Waals surface area contributed by atoms with Gasteiger partial charge in [0, 0.05) is 23.8 Å². The smallest absolute Gasteiger partial charge is 0.211 e. The van der Waals surface area contributed by atoms with Crippen LogP contribution in [0.25, 0.3) is 10.9 Å². The van der Waals surface area contributed by atoms with Crippen molar-refractivity contribution in [2.24, 2.45) is 0 Å². The molecule has 164 valence electrons. The highest BCUT2D eigenvalue weighted by molar-refractivity contribution is 7.91. The van der Waals surface area contributed by atoms with Gasteiger partial charge in [-0.3, -0.25) is 4.79 Å². The Hall–Kier alpha value is -3.29. The van der Waals surface area contributed by atoms with Gasteiger partial charge in [-0.1, -0.05) is 41.9 Å². The molecule has 0 aliphatic rings. The molecule has 0 saturated carbocycles. The maximum absolute atomic E-state index is 13.4. The number of aromatic nitrogens is 1. The molecule has 32 heavy (non-hydrogen) atoms. The summed E-state index contributed by atoms with van der Waals surface area (Å²) in [6.07, 6.45) is 1.38. The Bertz CT molecular complexity index is 1450. The molecular formula is C24H20ClNO5S. The molecule has 0 aliphatic carbocycles. The summed E-state index contributed by atoms with van der Waals surface area (Å²) >= 11 is 6.00. The van der Waals surface area contributed by atoms with Crippen LogP contribution in [-0.2, 0) is 16.4 Å². The van der Waals surface area contributed by atoms with Crippen LogP contribution >= 0.6 is 11.6 Å². The first kappa shape index (κ1) is 21.9. The molecule has 1 heterocycles. The SMILES string of the molecule is COc1cc2c(=O)c(S(=O)(=O)c3ccccc3)cn(Cc3ccc(Cl)cc3)c2cc1OC. The molecule has 0 bridgehead atoms. The van der Waals surface area contributed by atoms with Crippen molar-refractivity contribution in [1.29, 1.82) is 0 Å². The predicted molar refractivity (Wildman–Crippen MR) is 124 cm³/mol. The Labute approximate surface area is 190 Å². The van der Waals surface area contributed by atoms with Crippen LogP contribution in [0.3, 0.4) is 0 Å². The number of halogens is 1. The first-order chi connectivity index (χ1) is 15.3. The Balaban J connectivity index is 2.02. The lowest BCUT2D eigenvalue weighted by atomic mass is 10.1. The highest BCUT2D eigenvalue weighted by atomic mass is 35.5. The zero-order chi connectivity index (χ0) is 22.9. The molecule has 0 aliphatic heterocycles. The van der Waals surface area contributed by atoms with Gasteiger partial charge in [0.25, 0.3) is 0 Å². The molecule has 0 N–H and O–H groups in total. The molecule has 0 radical (unpaired) electrons. The Morgan fingerprint density at radius 3 is 2.16 bits per heavy atom. The van der Waals surface area contributed by atoms with Gasteiger partial charge in [0.15, 0.2) is 11.5 Å². The molecule has 0 fully saturated rings. The number of ether oxygens (including phenoxy) is 2. The Morgan fingerprint density at radius 1 is 0.906 bits per heavy atom. The lowest BCUT2D eigenvalue weighted by molar-refractivity contribution is 0.355. The molecule has 0 saturated heterocycles. The molecule has 0 spiro atoms. The van der Waals surface area contributed by atoms with Crippen molar-refractivity contribution in [1.82, 2.24) is 4.57 Å². The van der Waals surface area contributed by atoms with E-state index in [9.17, 15) is 13.2 Å². The number of hydrogen-bond donors (Lipinski definition) is 0. The number of benzene rings is 3. The Kier molecular flexibility index (Phi) is 5.95. The second-order valence-corrected chi connectivity index (χ2v) is 9.47. The van der Waals surface area contributed by atoms with Crippen molar-refractivity contribution in [3.05, 3.63) is 93.7 Å². The second kappa shape index (κ2) is 8.68. The van der Waals surface area contributed by atoms with Gasteiger partial charge in [0.05, 0.1) is 30.0 Å². The molecule has 0 unspecified atom stereocenters. The van der Waals surface area contributed by atoms with Crippen LogP contribution in [0.1, 0.15) is 5.56 Å². The van der Waals surface area contributed by atoms with Crippen LogP contribution in [0, 0.1) is 0 Å². The zero-order valence-electron chi connectivity index (χ0n) is 17.4. The van der Waals surface area contributed by atoms with Gasteiger partial charge in [0.2, 0.25) is 15.3 Å². The third-order valence-electron chi connectivity index (χ3n) is 5.16. The number of sulfone groups is 1. The Morgan fingerprint density at radius 2 is 1.53 bits per heavy atom. The third-order valence-corrected chi connectivity index (χ3v) is 7.18. The van der Waals surface area contributed by atoms with E-state index in [2.05, 4.69) is 0 Å². The van der Waals surface area contributed by atoms with Crippen LogP contribution in [0.15, 0.2) is 87.5 Å². The van der Waals surface area contributed by atoms with Gasteiger partial charge in [-0.25, -0.2) is 8.42 Å². The highest BCUT2D eigenvalue weighted by Gasteiger charge is 2.24. The van der Waals surface area contributed by atoms with Crippen molar-refractivity contribution >= 4 is 32.3 Å². The number of methoxy groups -OCH3 is 2. The average molecular weight is 470 g/mol. The van der Waals surface area contributed by atoms with E-state index < -0.39 is 15.3 Å². The molecule has 4 rings (SSSR count).